The van der Waals surface area contributed by atoms with Gasteiger partial charge in [-0.1, -0.05) is 18.2 Å². The topological polar surface area (TPSA) is 44.8 Å². The van der Waals surface area contributed by atoms with Crippen LogP contribution in [0.5, 0.6) is 5.75 Å². The van der Waals surface area contributed by atoms with E-state index in [0.717, 1.165) is 11.3 Å². The summed E-state index contributed by atoms with van der Waals surface area (Å²) in [5, 5.41) is 0. The van der Waals surface area contributed by atoms with E-state index in [1.54, 1.807) is 7.11 Å². The molecule has 1 aliphatic rings. The van der Waals surface area contributed by atoms with Gasteiger partial charge in [-0.15, -0.1) is 0 Å². The van der Waals surface area contributed by atoms with E-state index in [1.165, 1.54) is 6.08 Å². The van der Waals surface area contributed by atoms with Gasteiger partial charge < -0.3 is 14.2 Å². The summed E-state index contributed by atoms with van der Waals surface area (Å²) in [4.78, 5) is 11.1. The number of hydrogen-bond acceptors (Lipinski definition) is 4. The lowest BCUT2D eigenvalue weighted by Gasteiger charge is -2.19. The highest BCUT2D eigenvalue weighted by atomic mass is 16.7. The van der Waals surface area contributed by atoms with E-state index in [-0.39, 0.29) is 18.9 Å². The van der Waals surface area contributed by atoms with E-state index in [1.807, 2.05) is 30.3 Å². The van der Waals surface area contributed by atoms with Gasteiger partial charge >= 0.3 is 5.97 Å². The monoisotopic (exact) mass is 234 g/mol. The Kier molecular flexibility index (Phi) is 3.77. The van der Waals surface area contributed by atoms with Crippen LogP contribution in [0.1, 0.15) is 18.1 Å². The number of benzene rings is 1. The first-order valence-electron chi connectivity index (χ1n) is 5.38. The third-order valence-corrected chi connectivity index (χ3v) is 2.46. The molecule has 2 rings (SSSR count). The summed E-state index contributed by atoms with van der Waals surface area (Å²) < 4.78 is 15.3. The average Bonchev–Trinajstić information content (AvgIpc) is 2.37. The predicted molar refractivity (Wildman–Crippen MR) is 61.5 cm³/mol. The van der Waals surface area contributed by atoms with Crippen molar-refractivity contribution in [2.45, 2.75) is 12.5 Å². The first-order chi connectivity index (χ1) is 8.29. The fourth-order valence-corrected chi connectivity index (χ4v) is 1.63. The zero-order chi connectivity index (χ0) is 12.1. The van der Waals surface area contributed by atoms with Crippen molar-refractivity contribution >= 4 is 5.97 Å². The Hall–Kier alpha value is -1.81. The molecule has 1 atom stereocenters. The minimum absolute atomic E-state index is 0.191. The fraction of sp³-hybridized carbons (Fsp3) is 0.308. The Labute approximate surface area is 99.8 Å². The van der Waals surface area contributed by atoms with E-state index in [0.29, 0.717) is 6.42 Å². The number of esters is 1. The van der Waals surface area contributed by atoms with E-state index >= 15 is 0 Å². The molecule has 1 unspecified atom stereocenters. The van der Waals surface area contributed by atoms with Crippen molar-refractivity contribution in [1.82, 2.24) is 0 Å². The summed E-state index contributed by atoms with van der Waals surface area (Å²) in [6.45, 7) is 0.223. The fourth-order valence-electron chi connectivity index (χ4n) is 1.63. The van der Waals surface area contributed by atoms with Crippen LogP contribution in [0.3, 0.4) is 0 Å². The normalized spacial score (nSPS) is 18.9. The first kappa shape index (κ1) is 11.7. The lowest BCUT2D eigenvalue weighted by Crippen LogP contribution is -2.12. The zero-order valence-electron chi connectivity index (χ0n) is 9.59. The molecule has 0 aliphatic carbocycles. The molecule has 1 aromatic carbocycles. The molecule has 0 spiro atoms. The molecule has 1 aromatic rings. The SMILES string of the molecule is COCOc1ccc(C2CC=CC(=O)O2)cc1. The van der Waals surface area contributed by atoms with E-state index in [4.69, 9.17) is 14.2 Å². The van der Waals surface area contributed by atoms with Crippen LogP contribution in [0.15, 0.2) is 36.4 Å². The Bertz CT molecular complexity index is 408. The van der Waals surface area contributed by atoms with Gasteiger partial charge in [0, 0.05) is 19.6 Å². The molecule has 90 valence electrons. The maximum atomic E-state index is 11.1. The van der Waals surface area contributed by atoms with Crippen molar-refractivity contribution in [3.05, 3.63) is 42.0 Å². The number of rotatable bonds is 4. The average molecular weight is 234 g/mol. The molecule has 0 N–H and O–H groups in total. The highest BCUT2D eigenvalue weighted by Gasteiger charge is 2.17. The van der Waals surface area contributed by atoms with Gasteiger partial charge in [0.15, 0.2) is 6.79 Å². The largest absolute Gasteiger partial charge is 0.468 e. The molecule has 0 bridgehead atoms. The number of hydrogen-bond donors (Lipinski definition) is 0. The maximum Gasteiger partial charge on any atom is 0.331 e. The molecule has 17 heavy (non-hydrogen) atoms. The lowest BCUT2D eigenvalue weighted by molar-refractivity contribution is -0.144. The molecule has 4 heteroatoms. The summed E-state index contributed by atoms with van der Waals surface area (Å²) >= 11 is 0. The van der Waals surface area contributed by atoms with Crippen molar-refractivity contribution < 1.29 is 19.0 Å². The van der Waals surface area contributed by atoms with E-state index in [9.17, 15) is 4.79 Å². The first-order valence-corrected chi connectivity index (χ1v) is 5.38. The Balaban J connectivity index is 2.02. The molecule has 0 radical (unpaired) electrons. The summed E-state index contributed by atoms with van der Waals surface area (Å²) in [5.74, 6) is 0.439. The van der Waals surface area contributed by atoms with Gasteiger partial charge in [-0.2, -0.15) is 0 Å². The second-order valence-corrected chi connectivity index (χ2v) is 3.68. The summed E-state index contributed by atoms with van der Waals surface area (Å²) in [7, 11) is 1.57. The molecular formula is C13H14O4. The highest BCUT2D eigenvalue weighted by molar-refractivity contribution is 5.82. The van der Waals surface area contributed by atoms with Gasteiger partial charge in [-0.25, -0.2) is 4.79 Å². The number of cyclic esters (lactones) is 1. The Morgan fingerprint density at radius 3 is 2.76 bits per heavy atom. The van der Waals surface area contributed by atoms with Gasteiger partial charge in [0.2, 0.25) is 0 Å². The molecular weight excluding hydrogens is 220 g/mol. The molecule has 0 amide bonds. The second-order valence-electron chi connectivity index (χ2n) is 3.68. The minimum Gasteiger partial charge on any atom is -0.468 e. The van der Waals surface area contributed by atoms with Crippen molar-refractivity contribution in [2.24, 2.45) is 0 Å². The van der Waals surface area contributed by atoms with Crippen molar-refractivity contribution in [3.8, 4) is 5.75 Å². The molecule has 0 fully saturated rings. The number of carbonyl (C=O) groups excluding carboxylic acids is 1. The summed E-state index contributed by atoms with van der Waals surface area (Å²) in [6.07, 6.45) is 3.80. The van der Waals surface area contributed by atoms with Crippen LogP contribution in [0.25, 0.3) is 0 Å². The van der Waals surface area contributed by atoms with Gasteiger partial charge in [0.25, 0.3) is 0 Å². The summed E-state index contributed by atoms with van der Waals surface area (Å²) in [6, 6.07) is 7.45. The standard InChI is InChI=1S/C13H14O4/c1-15-9-16-11-7-5-10(6-8-11)12-3-2-4-13(14)17-12/h2,4-8,12H,3,9H2,1H3. The molecule has 4 nitrogen and oxygen atoms in total. The van der Waals surface area contributed by atoms with Crippen LogP contribution in [0, 0.1) is 0 Å². The van der Waals surface area contributed by atoms with Crippen LogP contribution in [0.4, 0.5) is 0 Å². The van der Waals surface area contributed by atoms with E-state index in [2.05, 4.69) is 0 Å². The smallest absolute Gasteiger partial charge is 0.331 e. The second kappa shape index (κ2) is 5.50. The van der Waals surface area contributed by atoms with Crippen LogP contribution in [0.2, 0.25) is 0 Å². The Morgan fingerprint density at radius 1 is 1.35 bits per heavy atom. The number of carbonyl (C=O) groups is 1. The third kappa shape index (κ3) is 3.07. The minimum atomic E-state index is -0.291. The Morgan fingerprint density at radius 2 is 2.12 bits per heavy atom. The third-order valence-electron chi connectivity index (χ3n) is 2.46. The van der Waals surface area contributed by atoms with Crippen LogP contribution in [-0.2, 0) is 14.3 Å². The molecule has 0 aromatic heterocycles. The van der Waals surface area contributed by atoms with Crippen molar-refractivity contribution in [3.63, 3.8) is 0 Å². The quantitative estimate of drug-likeness (QED) is 0.592. The molecule has 1 heterocycles. The molecule has 0 saturated heterocycles. The number of methoxy groups -OCH3 is 1. The van der Waals surface area contributed by atoms with Gasteiger partial charge in [-0.3, -0.25) is 0 Å². The number of ether oxygens (including phenoxy) is 3. The van der Waals surface area contributed by atoms with Crippen LogP contribution < -0.4 is 4.74 Å². The van der Waals surface area contributed by atoms with Crippen molar-refractivity contribution in [1.29, 1.82) is 0 Å². The van der Waals surface area contributed by atoms with Gasteiger partial charge in [0.05, 0.1) is 0 Å². The zero-order valence-corrected chi connectivity index (χ0v) is 9.59. The maximum absolute atomic E-state index is 11.1. The van der Waals surface area contributed by atoms with E-state index < -0.39 is 0 Å². The summed E-state index contributed by atoms with van der Waals surface area (Å²) in [5.41, 5.74) is 0.965. The van der Waals surface area contributed by atoms with Crippen LogP contribution in [-0.4, -0.2) is 19.9 Å². The highest BCUT2D eigenvalue weighted by Crippen LogP contribution is 2.26. The molecule has 1 aliphatic heterocycles. The van der Waals surface area contributed by atoms with Gasteiger partial charge in [-0.05, 0) is 17.7 Å². The van der Waals surface area contributed by atoms with Crippen molar-refractivity contribution in [2.75, 3.05) is 13.9 Å². The molecule has 0 saturated carbocycles. The predicted octanol–water partition coefficient (Wildman–Crippen LogP) is 2.21. The van der Waals surface area contributed by atoms with Crippen LogP contribution >= 0.6 is 0 Å². The lowest BCUT2D eigenvalue weighted by atomic mass is 10.0. The van der Waals surface area contributed by atoms with Gasteiger partial charge in [0.1, 0.15) is 11.9 Å².